The minimum Gasteiger partial charge on any atom is -0.464 e. The molecule has 0 fully saturated rings. The molecule has 0 saturated heterocycles. The highest BCUT2D eigenvalue weighted by Gasteiger charge is 2.14. The number of primary amides is 1. The number of furan rings is 1. The Morgan fingerprint density at radius 2 is 2.19 bits per heavy atom. The highest BCUT2D eigenvalue weighted by molar-refractivity contribution is 6.33. The van der Waals surface area contributed by atoms with Gasteiger partial charge in [-0.1, -0.05) is 11.6 Å². The molecule has 1 aromatic heterocycles. The Morgan fingerprint density at radius 3 is 2.81 bits per heavy atom. The first kappa shape index (κ1) is 11.0. The van der Waals surface area contributed by atoms with Crippen LogP contribution in [0, 0.1) is 13.8 Å². The second-order valence-electron chi connectivity index (χ2n) is 3.91. The smallest absolute Gasteiger partial charge is 0.221 e. The summed E-state index contributed by atoms with van der Waals surface area (Å²) < 4.78 is 5.40. The van der Waals surface area contributed by atoms with E-state index in [-0.39, 0.29) is 12.3 Å². The zero-order valence-corrected chi connectivity index (χ0v) is 9.89. The van der Waals surface area contributed by atoms with E-state index in [9.17, 15) is 4.79 Å². The molecule has 0 radical (unpaired) electrons. The van der Waals surface area contributed by atoms with Crippen LogP contribution in [0.3, 0.4) is 0 Å². The monoisotopic (exact) mass is 237 g/mol. The zero-order valence-electron chi connectivity index (χ0n) is 9.13. The number of benzene rings is 1. The summed E-state index contributed by atoms with van der Waals surface area (Å²) in [7, 11) is 0. The van der Waals surface area contributed by atoms with E-state index in [0.717, 1.165) is 27.7 Å². The second kappa shape index (κ2) is 3.83. The molecule has 0 unspecified atom stereocenters. The first-order chi connectivity index (χ1) is 7.50. The number of fused-ring (bicyclic) bond motifs is 1. The number of hydrogen-bond donors (Lipinski definition) is 1. The highest BCUT2D eigenvalue weighted by atomic mass is 35.5. The van der Waals surface area contributed by atoms with Gasteiger partial charge in [-0.2, -0.15) is 0 Å². The molecule has 0 aliphatic heterocycles. The lowest BCUT2D eigenvalue weighted by atomic mass is 10.0. The van der Waals surface area contributed by atoms with Gasteiger partial charge in [0.05, 0.1) is 12.7 Å². The molecular weight excluding hydrogens is 226 g/mol. The van der Waals surface area contributed by atoms with Crippen LogP contribution in [0.15, 0.2) is 16.7 Å². The molecule has 0 bridgehead atoms. The van der Waals surface area contributed by atoms with Crippen molar-refractivity contribution >= 4 is 28.5 Å². The number of aryl methyl sites for hydroxylation is 2. The number of nitrogens with two attached hydrogens (primary N) is 1. The third kappa shape index (κ3) is 1.67. The van der Waals surface area contributed by atoms with Gasteiger partial charge in [0.15, 0.2) is 0 Å². The number of carbonyl (C=O) groups is 1. The van der Waals surface area contributed by atoms with Gasteiger partial charge in [0.2, 0.25) is 5.91 Å². The number of rotatable bonds is 2. The Labute approximate surface area is 98.2 Å². The molecule has 2 N–H and O–H groups in total. The standard InChI is InChI=1S/C12H12ClNO2/c1-6-3-9-11(7(2)12(6)13)8(5-16-9)4-10(14)15/h3,5H,4H2,1-2H3,(H2,14,15). The van der Waals surface area contributed by atoms with Gasteiger partial charge < -0.3 is 10.2 Å². The molecule has 2 aromatic rings. The lowest BCUT2D eigenvalue weighted by molar-refractivity contribution is -0.117. The average Bonchev–Trinajstić information content (AvgIpc) is 2.57. The quantitative estimate of drug-likeness (QED) is 0.873. The lowest BCUT2D eigenvalue weighted by Gasteiger charge is -2.04. The Bertz CT molecular complexity index is 572. The van der Waals surface area contributed by atoms with Crippen molar-refractivity contribution in [2.75, 3.05) is 0 Å². The van der Waals surface area contributed by atoms with Crippen molar-refractivity contribution in [2.45, 2.75) is 20.3 Å². The first-order valence-electron chi connectivity index (χ1n) is 4.94. The van der Waals surface area contributed by atoms with E-state index in [1.807, 2.05) is 19.9 Å². The summed E-state index contributed by atoms with van der Waals surface area (Å²) in [5, 5.41) is 1.61. The van der Waals surface area contributed by atoms with Crippen molar-refractivity contribution < 1.29 is 9.21 Å². The number of carbonyl (C=O) groups excluding carboxylic acids is 1. The first-order valence-corrected chi connectivity index (χ1v) is 5.32. The molecule has 0 aliphatic carbocycles. The molecular formula is C12H12ClNO2. The van der Waals surface area contributed by atoms with Crippen molar-refractivity contribution in [3.63, 3.8) is 0 Å². The predicted octanol–water partition coefficient (Wildman–Crippen LogP) is 2.73. The molecule has 0 aliphatic rings. The summed E-state index contributed by atoms with van der Waals surface area (Å²) in [5.74, 6) is -0.376. The van der Waals surface area contributed by atoms with Gasteiger partial charge in [-0.15, -0.1) is 0 Å². The molecule has 3 nitrogen and oxygen atoms in total. The van der Waals surface area contributed by atoms with E-state index < -0.39 is 0 Å². The normalized spacial score (nSPS) is 10.9. The number of amides is 1. The average molecular weight is 238 g/mol. The maximum atomic E-state index is 10.9. The van der Waals surface area contributed by atoms with Gasteiger partial charge in [-0.3, -0.25) is 4.79 Å². The molecule has 84 valence electrons. The van der Waals surface area contributed by atoms with E-state index >= 15 is 0 Å². The van der Waals surface area contributed by atoms with E-state index in [1.165, 1.54) is 0 Å². The maximum absolute atomic E-state index is 10.9. The van der Waals surface area contributed by atoms with Gasteiger partial charge in [0.25, 0.3) is 0 Å². The fourth-order valence-electron chi connectivity index (χ4n) is 1.93. The van der Waals surface area contributed by atoms with Crippen LogP contribution in [0.25, 0.3) is 11.0 Å². The molecule has 4 heteroatoms. The summed E-state index contributed by atoms with van der Waals surface area (Å²) in [6.45, 7) is 3.84. The molecule has 1 aromatic carbocycles. The molecule has 1 amide bonds. The second-order valence-corrected chi connectivity index (χ2v) is 4.29. The van der Waals surface area contributed by atoms with Crippen molar-refractivity contribution in [1.29, 1.82) is 0 Å². The molecule has 2 rings (SSSR count). The van der Waals surface area contributed by atoms with Crippen LogP contribution in [-0.4, -0.2) is 5.91 Å². The zero-order chi connectivity index (χ0) is 11.9. The topological polar surface area (TPSA) is 56.2 Å². The van der Waals surface area contributed by atoms with Crippen LogP contribution >= 0.6 is 11.6 Å². The van der Waals surface area contributed by atoms with Crippen molar-refractivity contribution in [1.82, 2.24) is 0 Å². The maximum Gasteiger partial charge on any atom is 0.221 e. The van der Waals surface area contributed by atoms with Gasteiger partial charge in [-0.25, -0.2) is 0 Å². The van der Waals surface area contributed by atoms with Crippen LogP contribution in [-0.2, 0) is 11.2 Å². The Balaban J connectivity index is 2.71. The van der Waals surface area contributed by atoms with Crippen molar-refractivity contribution in [3.05, 3.63) is 34.0 Å². The largest absolute Gasteiger partial charge is 0.464 e. The summed E-state index contributed by atoms with van der Waals surface area (Å²) in [5.41, 5.74) is 8.62. The minimum atomic E-state index is -0.376. The van der Waals surface area contributed by atoms with Gasteiger partial charge in [0.1, 0.15) is 5.58 Å². The van der Waals surface area contributed by atoms with E-state index in [0.29, 0.717) is 5.02 Å². The van der Waals surface area contributed by atoms with Crippen LogP contribution in [0.1, 0.15) is 16.7 Å². The van der Waals surface area contributed by atoms with Crippen LogP contribution in [0.4, 0.5) is 0 Å². The molecule has 1 heterocycles. The third-order valence-corrected chi connectivity index (χ3v) is 3.24. The van der Waals surface area contributed by atoms with Crippen LogP contribution in [0.5, 0.6) is 0 Å². The van der Waals surface area contributed by atoms with E-state index in [2.05, 4.69) is 0 Å². The molecule has 0 spiro atoms. The number of hydrogen-bond acceptors (Lipinski definition) is 2. The van der Waals surface area contributed by atoms with Gasteiger partial charge >= 0.3 is 0 Å². The highest BCUT2D eigenvalue weighted by Crippen LogP contribution is 2.32. The fourth-order valence-corrected chi connectivity index (χ4v) is 2.07. The van der Waals surface area contributed by atoms with Gasteiger partial charge in [0, 0.05) is 16.0 Å². The summed E-state index contributed by atoms with van der Waals surface area (Å²) in [4.78, 5) is 10.9. The van der Waals surface area contributed by atoms with Gasteiger partial charge in [-0.05, 0) is 31.0 Å². The van der Waals surface area contributed by atoms with E-state index in [4.69, 9.17) is 21.8 Å². The molecule has 0 atom stereocenters. The van der Waals surface area contributed by atoms with Crippen molar-refractivity contribution in [3.8, 4) is 0 Å². The summed E-state index contributed by atoms with van der Waals surface area (Å²) in [6, 6.07) is 1.87. The van der Waals surface area contributed by atoms with Crippen molar-refractivity contribution in [2.24, 2.45) is 5.73 Å². The Morgan fingerprint density at radius 1 is 1.50 bits per heavy atom. The lowest BCUT2D eigenvalue weighted by Crippen LogP contribution is -2.13. The minimum absolute atomic E-state index is 0.174. The predicted molar refractivity (Wildman–Crippen MR) is 63.6 cm³/mol. The molecule has 0 saturated carbocycles. The summed E-state index contributed by atoms with van der Waals surface area (Å²) >= 11 is 6.16. The summed E-state index contributed by atoms with van der Waals surface area (Å²) in [6.07, 6.45) is 1.74. The Kier molecular flexibility index (Phi) is 2.64. The SMILES string of the molecule is Cc1cc2occ(CC(N)=O)c2c(C)c1Cl. The third-order valence-electron chi connectivity index (χ3n) is 2.66. The molecule has 16 heavy (non-hydrogen) atoms. The van der Waals surface area contributed by atoms with Crippen LogP contribution < -0.4 is 5.73 Å². The fraction of sp³-hybridized carbons (Fsp3) is 0.250. The number of halogens is 1. The van der Waals surface area contributed by atoms with E-state index in [1.54, 1.807) is 6.26 Å². The Hall–Kier alpha value is -1.48. The van der Waals surface area contributed by atoms with Crippen LogP contribution in [0.2, 0.25) is 5.02 Å².